The summed E-state index contributed by atoms with van der Waals surface area (Å²) in [6.45, 7) is 7.08. The van der Waals surface area contributed by atoms with Crippen LogP contribution in [-0.4, -0.2) is 56.9 Å². The van der Waals surface area contributed by atoms with Gasteiger partial charge in [-0.1, -0.05) is 19.1 Å². The quantitative estimate of drug-likeness (QED) is 0.901. The average Bonchev–Trinajstić information content (AvgIpc) is 2.54. The zero-order valence-electron chi connectivity index (χ0n) is 13.0. The van der Waals surface area contributed by atoms with E-state index in [9.17, 15) is 8.42 Å². The van der Waals surface area contributed by atoms with Gasteiger partial charge in [-0.05, 0) is 25.5 Å². The van der Waals surface area contributed by atoms with Crippen molar-refractivity contribution >= 4 is 15.7 Å². The predicted octanol–water partition coefficient (Wildman–Crippen LogP) is 1.83. The number of benzene rings is 1. The van der Waals surface area contributed by atoms with E-state index in [1.165, 1.54) is 0 Å². The number of para-hydroxylation sites is 1. The van der Waals surface area contributed by atoms with Crippen LogP contribution in [0, 0.1) is 0 Å². The van der Waals surface area contributed by atoms with E-state index in [1.807, 2.05) is 6.07 Å². The highest BCUT2D eigenvalue weighted by molar-refractivity contribution is 7.89. The van der Waals surface area contributed by atoms with Crippen LogP contribution in [0.15, 0.2) is 29.2 Å². The van der Waals surface area contributed by atoms with Crippen LogP contribution in [0.25, 0.3) is 0 Å². The minimum absolute atomic E-state index is 0.365. The van der Waals surface area contributed by atoms with E-state index in [2.05, 4.69) is 24.1 Å². The minimum atomic E-state index is -3.42. The number of piperazine rings is 1. The van der Waals surface area contributed by atoms with E-state index in [0.717, 1.165) is 19.5 Å². The van der Waals surface area contributed by atoms with Gasteiger partial charge < -0.3 is 5.32 Å². The second kappa shape index (κ2) is 6.77. The summed E-state index contributed by atoms with van der Waals surface area (Å²) in [6, 6.07) is 7.58. The molecule has 0 amide bonds. The Hall–Kier alpha value is -1.11. The van der Waals surface area contributed by atoms with Crippen LogP contribution < -0.4 is 5.32 Å². The molecule has 0 spiro atoms. The van der Waals surface area contributed by atoms with Crippen LogP contribution in [0.3, 0.4) is 0 Å². The first-order chi connectivity index (χ1) is 10.0. The second-order valence-electron chi connectivity index (χ2n) is 5.44. The van der Waals surface area contributed by atoms with Crippen molar-refractivity contribution in [2.24, 2.45) is 0 Å². The first-order valence-electron chi connectivity index (χ1n) is 7.51. The van der Waals surface area contributed by atoms with Crippen molar-refractivity contribution in [3.8, 4) is 0 Å². The molecule has 0 aliphatic carbocycles. The van der Waals surface area contributed by atoms with Gasteiger partial charge in [0.25, 0.3) is 0 Å². The number of rotatable bonds is 5. The van der Waals surface area contributed by atoms with Crippen molar-refractivity contribution in [2.45, 2.75) is 31.2 Å². The summed E-state index contributed by atoms with van der Waals surface area (Å²) in [5, 5.41) is 2.96. The molecule has 1 aromatic carbocycles. The first kappa shape index (κ1) is 16.3. The molecule has 21 heavy (non-hydrogen) atoms. The van der Waals surface area contributed by atoms with Gasteiger partial charge in [-0.15, -0.1) is 0 Å². The van der Waals surface area contributed by atoms with Gasteiger partial charge in [0.2, 0.25) is 10.0 Å². The lowest BCUT2D eigenvalue weighted by Crippen LogP contribution is -2.51. The third-order valence-electron chi connectivity index (χ3n) is 4.26. The molecule has 1 aliphatic heterocycles. The summed E-state index contributed by atoms with van der Waals surface area (Å²) >= 11 is 0. The highest BCUT2D eigenvalue weighted by Crippen LogP contribution is 2.25. The Bertz CT molecular complexity index is 566. The minimum Gasteiger partial charge on any atom is -0.387 e. The molecular weight excluding hydrogens is 286 g/mol. The molecule has 1 aromatic rings. The molecule has 6 heteroatoms. The standard InChI is InChI=1S/C15H25N3O2S/c1-4-13(2)17-9-11-18(12-10-17)21(19,20)15-8-6-5-7-14(15)16-3/h5-8,13,16H,4,9-12H2,1-3H3. The van der Waals surface area contributed by atoms with Gasteiger partial charge in [0.05, 0.1) is 5.69 Å². The Morgan fingerprint density at radius 3 is 2.38 bits per heavy atom. The molecule has 0 radical (unpaired) electrons. The maximum atomic E-state index is 12.8. The molecule has 1 fully saturated rings. The van der Waals surface area contributed by atoms with Crippen molar-refractivity contribution in [2.75, 3.05) is 38.5 Å². The third kappa shape index (κ3) is 3.39. The van der Waals surface area contributed by atoms with Crippen LogP contribution in [0.2, 0.25) is 0 Å². The van der Waals surface area contributed by atoms with E-state index < -0.39 is 10.0 Å². The van der Waals surface area contributed by atoms with Crippen molar-refractivity contribution in [1.82, 2.24) is 9.21 Å². The highest BCUT2D eigenvalue weighted by atomic mass is 32.2. The van der Waals surface area contributed by atoms with E-state index >= 15 is 0 Å². The van der Waals surface area contributed by atoms with Crippen molar-refractivity contribution in [3.63, 3.8) is 0 Å². The van der Waals surface area contributed by atoms with Gasteiger partial charge in [0.15, 0.2) is 0 Å². The normalized spacial score (nSPS) is 19.4. The Kier molecular flexibility index (Phi) is 5.24. The SMILES string of the molecule is CCC(C)N1CCN(S(=O)(=O)c2ccccc2NC)CC1. The first-order valence-corrected chi connectivity index (χ1v) is 8.95. The summed E-state index contributed by atoms with van der Waals surface area (Å²) in [7, 11) is -1.67. The monoisotopic (exact) mass is 311 g/mol. The van der Waals surface area contributed by atoms with E-state index in [4.69, 9.17) is 0 Å². The van der Waals surface area contributed by atoms with Crippen LogP contribution in [0.4, 0.5) is 5.69 Å². The van der Waals surface area contributed by atoms with Gasteiger partial charge in [-0.25, -0.2) is 8.42 Å². The Labute approximate surface area is 128 Å². The summed E-state index contributed by atoms with van der Waals surface area (Å²) in [5.74, 6) is 0. The molecule has 1 atom stereocenters. The number of sulfonamides is 1. The molecule has 0 bridgehead atoms. The van der Waals surface area contributed by atoms with Crippen LogP contribution in [0.5, 0.6) is 0 Å². The Balaban J connectivity index is 2.15. The molecule has 118 valence electrons. The molecule has 2 rings (SSSR count). The van der Waals surface area contributed by atoms with Crippen LogP contribution in [0.1, 0.15) is 20.3 Å². The lowest BCUT2D eigenvalue weighted by molar-refractivity contribution is 0.142. The number of anilines is 1. The lowest BCUT2D eigenvalue weighted by atomic mass is 10.2. The fraction of sp³-hybridized carbons (Fsp3) is 0.600. The smallest absolute Gasteiger partial charge is 0.245 e. The predicted molar refractivity (Wildman–Crippen MR) is 86.1 cm³/mol. The van der Waals surface area contributed by atoms with E-state index in [-0.39, 0.29) is 0 Å². The van der Waals surface area contributed by atoms with Gasteiger partial charge in [-0.2, -0.15) is 4.31 Å². The zero-order valence-corrected chi connectivity index (χ0v) is 13.9. The highest BCUT2D eigenvalue weighted by Gasteiger charge is 2.30. The summed E-state index contributed by atoms with van der Waals surface area (Å²) in [4.78, 5) is 2.72. The van der Waals surface area contributed by atoms with E-state index in [1.54, 1.807) is 29.6 Å². The van der Waals surface area contributed by atoms with Gasteiger partial charge in [-0.3, -0.25) is 4.90 Å². The molecule has 1 N–H and O–H groups in total. The Morgan fingerprint density at radius 1 is 1.19 bits per heavy atom. The molecule has 1 saturated heterocycles. The number of hydrogen-bond donors (Lipinski definition) is 1. The topological polar surface area (TPSA) is 52.7 Å². The third-order valence-corrected chi connectivity index (χ3v) is 6.22. The summed E-state index contributed by atoms with van der Waals surface area (Å²) < 4.78 is 27.2. The fourth-order valence-electron chi connectivity index (χ4n) is 2.68. The summed E-state index contributed by atoms with van der Waals surface area (Å²) in [5.41, 5.74) is 0.654. The molecule has 1 unspecified atom stereocenters. The van der Waals surface area contributed by atoms with Crippen LogP contribution >= 0.6 is 0 Å². The van der Waals surface area contributed by atoms with Gasteiger partial charge in [0, 0.05) is 39.3 Å². The average molecular weight is 311 g/mol. The van der Waals surface area contributed by atoms with Crippen molar-refractivity contribution in [1.29, 1.82) is 0 Å². The van der Waals surface area contributed by atoms with Crippen molar-refractivity contribution in [3.05, 3.63) is 24.3 Å². The molecule has 1 aliphatic rings. The Morgan fingerprint density at radius 2 is 1.81 bits per heavy atom. The maximum absolute atomic E-state index is 12.8. The number of nitrogens with zero attached hydrogens (tertiary/aromatic N) is 2. The summed E-state index contributed by atoms with van der Waals surface area (Å²) in [6.07, 6.45) is 1.09. The molecule has 0 aromatic heterocycles. The molecular formula is C15H25N3O2S. The molecule has 5 nitrogen and oxygen atoms in total. The number of hydrogen-bond acceptors (Lipinski definition) is 4. The zero-order chi connectivity index (χ0) is 15.5. The van der Waals surface area contributed by atoms with Crippen molar-refractivity contribution < 1.29 is 8.42 Å². The maximum Gasteiger partial charge on any atom is 0.245 e. The molecule has 1 heterocycles. The van der Waals surface area contributed by atoms with E-state index in [0.29, 0.717) is 29.7 Å². The second-order valence-corrected chi connectivity index (χ2v) is 7.35. The lowest BCUT2D eigenvalue weighted by Gasteiger charge is -2.37. The van der Waals surface area contributed by atoms with Gasteiger partial charge in [0.1, 0.15) is 4.90 Å². The fourth-order valence-corrected chi connectivity index (χ4v) is 4.30. The number of nitrogens with one attached hydrogen (secondary N) is 1. The van der Waals surface area contributed by atoms with Gasteiger partial charge >= 0.3 is 0 Å². The van der Waals surface area contributed by atoms with Crippen LogP contribution in [-0.2, 0) is 10.0 Å². The largest absolute Gasteiger partial charge is 0.387 e. The molecule has 0 saturated carbocycles.